The summed E-state index contributed by atoms with van der Waals surface area (Å²) in [6.45, 7) is -1.21. The van der Waals surface area contributed by atoms with Crippen LogP contribution < -0.4 is 10.6 Å². The molecule has 10 nitrogen and oxygen atoms in total. The Hall–Kier alpha value is -3.30. The molecule has 1 rings (SSSR count). The minimum absolute atomic E-state index is 0.0866. The van der Waals surface area contributed by atoms with Gasteiger partial charge in [0.05, 0.1) is 0 Å². The number of nitrogens with one attached hydrogen (secondary N) is 2. The van der Waals surface area contributed by atoms with Crippen LogP contribution in [0.4, 0.5) is 9.59 Å². The van der Waals surface area contributed by atoms with Gasteiger partial charge in [0.25, 0.3) is 0 Å². The number of amides is 3. The summed E-state index contributed by atoms with van der Waals surface area (Å²) in [7, 11) is 2.74. The number of alkyl carbamates (subject to hydrolysis) is 1. The van der Waals surface area contributed by atoms with Crippen molar-refractivity contribution in [2.75, 3.05) is 34.0 Å². The monoisotopic (exact) mass is 367 g/mol. The lowest BCUT2D eigenvalue weighted by Gasteiger charge is -2.16. The van der Waals surface area contributed by atoms with Crippen LogP contribution in [-0.4, -0.2) is 62.9 Å². The van der Waals surface area contributed by atoms with E-state index in [-0.39, 0.29) is 13.2 Å². The highest BCUT2D eigenvalue weighted by atomic mass is 16.7. The summed E-state index contributed by atoms with van der Waals surface area (Å²) in [5, 5.41) is 4.45. The first kappa shape index (κ1) is 20.7. The number of hydrogen-bond acceptors (Lipinski definition) is 7. The van der Waals surface area contributed by atoms with Crippen LogP contribution in [0, 0.1) is 0 Å². The number of carbonyl (C=O) groups excluding carboxylic acids is 4. The Bertz CT molecular complexity index is 622. The molecule has 0 radical (unpaired) electrons. The van der Waals surface area contributed by atoms with E-state index < -0.39 is 37.4 Å². The van der Waals surface area contributed by atoms with E-state index >= 15 is 0 Å². The van der Waals surface area contributed by atoms with Gasteiger partial charge in [-0.15, -0.1) is 0 Å². The fourth-order valence-electron chi connectivity index (χ4n) is 1.61. The summed E-state index contributed by atoms with van der Waals surface area (Å²) >= 11 is 0. The average Bonchev–Trinajstić information content (AvgIpc) is 2.65. The SMILES string of the molecule is CNC(=O)OCOC(=O)CNC(=O)CN(C)C(=O)OCc1ccccc1. The number of nitrogens with zero attached hydrogens (tertiary/aromatic N) is 1. The molecule has 0 aromatic heterocycles. The fourth-order valence-corrected chi connectivity index (χ4v) is 1.61. The summed E-state index contributed by atoms with van der Waals surface area (Å²) in [6, 6.07) is 9.09. The van der Waals surface area contributed by atoms with E-state index in [0.29, 0.717) is 0 Å². The van der Waals surface area contributed by atoms with Gasteiger partial charge in [0.15, 0.2) is 0 Å². The molecule has 0 unspecified atom stereocenters. The molecule has 142 valence electrons. The van der Waals surface area contributed by atoms with Crippen LogP contribution in [0.2, 0.25) is 0 Å². The maximum absolute atomic E-state index is 11.8. The molecule has 0 bridgehead atoms. The Kier molecular flexibility index (Phi) is 9.01. The molecule has 10 heteroatoms. The van der Waals surface area contributed by atoms with E-state index in [1.165, 1.54) is 14.1 Å². The molecular weight excluding hydrogens is 346 g/mol. The maximum atomic E-state index is 11.8. The lowest BCUT2D eigenvalue weighted by molar-refractivity contribution is -0.151. The van der Waals surface area contributed by atoms with E-state index in [1.54, 1.807) is 12.1 Å². The minimum atomic E-state index is -0.795. The third kappa shape index (κ3) is 8.52. The number of rotatable bonds is 8. The largest absolute Gasteiger partial charge is 0.445 e. The predicted octanol–water partition coefficient (Wildman–Crippen LogP) is 0.228. The van der Waals surface area contributed by atoms with Crippen molar-refractivity contribution in [2.24, 2.45) is 0 Å². The van der Waals surface area contributed by atoms with E-state index in [4.69, 9.17) is 4.74 Å². The normalized spacial score (nSPS) is 9.62. The van der Waals surface area contributed by atoms with Gasteiger partial charge in [0.1, 0.15) is 19.7 Å². The van der Waals surface area contributed by atoms with Crippen LogP contribution in [0.25, 0.3) is 0 Å². The van der Waals surface area contributed by atoms with Crippen LogP contribution in [0.3, 0.4) is 0 Å². The van der Waals surface area contributed by atoms with Gasteiger partial charge in [-0.1, -0.05) is 30.3 Å². The quantitative estimate of drug-likeness (QED) is 0.498. The zero-order chi connectivity index (χ0) is 19.4. The van der Waals surface area contributed by atoms with Gasteiger partial charge in [0.2, 0.25) is 12.7 Å². The molecule has 0 aliphatic heterocycles. The zero-order valence-corrected chi connectivity index (χ0v) is 14.5. The van der Waals surface area contributed by atoms with Gasteiger partial charge in [-0.3, -0.25) is 9.59 Å². The molecular formula is C16H21N3O7. The van der Waals surface area contributed by atoms with Crippen molar-refractivity contribution in [1.29, 1.82) is 0 Å². The number of esters is 1. The highest BCUT2D eigenvalue weighted by Gasteiger charge is 2.15. The number of likely N-dealkylation sites (N-methyl/N-ethyl adjacent to an activating group) is 1. The molecule has 0 spiro atoms. The van der Waals surface area contributed by atoms with Gasteiger partial charge in [-0.2, -0.15) is 0 Å². The molecule has 0 heterocycles. The van der Waals surface area contributed by atoms with Crippen molar-refractivity contribution < 1.29 is 33.4 Å². The lowest BCUT2D eigenvalue weighted by Crippen LogP contribution is -2.40. The number of benzene rings is 1. The lowest BCUT2D eigenvalue weighted by atomic mass is 10.2. The van der Waals surface area contributed by atoms with Crippen molar-refractivity contribution in [1.82, 2.24) is 15.5 Å². The van der Waals surface area contributed by atoms with Gasteiger partial charge >= 0.3 is 18.2 Å². The van der Waals surface area contributed by atoms with Crippen molar-refractivity contribution in [2.45, 2.75) is 6.61 Å². The smallest absolute Gasteiger partial charge is 0.410 e. The van der Waals surface area contributed by atoms with Crippen LogP contribution in [-0.2, 0) is 30.4 Å². The van der Waals surface area contributed by atoms with E-state index in [9.17, 15) is 19.2 Å². The van der Waals surface area contributed by atoms with Crippen LogP contribution in [0.15, 0.2) is 30.3 Å². The molecule has 0 fully saturated rings. The Labute approximate surface area is 150 Å². The van der Waals surface area contributed by atoms with Crippen molar-refractivity contribution in [3.05, 3.63) is 35.9 Å². The number of hydrogen-bond donors (Lipinski definition) is 2. The molecule has 0 saturated carbocycles. The first-order valence-corrected chi connectivity index (χ1v) is 7.61. The van der Waals surface area contributed by atoms with Gasteiger partial charge in [-0.05, 0) is 5.56 Å². The molecule has 0 aliphatic carbocycles. The second-order valence-electron chi connectivity index (χ2n) is 4.99. The Morgan fingerprint density at radius 1 is 1.04 bits per heavy atom. The van der Waals surface area contributed by atoms with E-state index in [0.717, 1.165) is 10.5 Å². The molecule has 0 atom stereocenters. The third-order valence-corrected chi connectivity index (χ3v) is 2.94. The molecule has 1 aromatic rings. The average molecular weight is 367 g/mol. The molecule has 1 aromatic carbocycles. The fraction of sp³-hybridized carbons (Fsp3) is 0.375. The number of carbonyl (C=O) groups is 4. The maximum Gasteiger partial charge on any atom is 0.410 e. The summed E-state index contributed by atoms with van der Waals surface area (Å²) in [4.78, 5) is 46.7. The van der Waals surface area contributed by atoms with Crippen LogP contribution >= 0.6 is 0 Å². The molecule has 0 aliphatic rings. The predicted molar refractivity (Wildman–Crippen MR) is 88.8 cm³/mol. The van der Waals surface area contributed by atoms with E-state index in [2.05, 4.69) is 20.1 Å². The molecule has 0 saturated heterocycles. The Morgan fingerprint density at radius 3 is 2.38 bits per heavy atom. The van der Waals surface area contributed by atoms with Gasteiger partial charge in [0, 0.05) is 14.1 Å². The van der Waals surface area contributed by atoms with E-state index in [1.807, 2.05) is 18.2 Å². The summed E-state index contributed by atoms with van der Waals surface area (Å²) in [6.07, 6.45) is -1.43. The van der Waals surface area contributed by atoms with Crippen molar-refractivity contribution in [3.63, 3.8) is 0 Å². The highest BCUT2D eigenvalue weighted by Crippen LogP contribution is 2.02. The highest BCUT2D eigenvalue weighted by molar-refractivity contribution is 5.85. The summed E-state index contributed by atoms with van der Waals surface area (Å²) in [5.41, 5.74) is 0.820. The van der Waals surface area contributed by atoms with Gasteiger partial charge in [-0.25, -0.2) is 9.59 Å². The molecule has 3 amide bonds. The number of ether oxygens (including phenoxy) is 3. The van der Waals surface area contributed by atoms with Gasteiger partial charge < -0.3 is 29.7 Å². The molecule has 26 heavy (non-hydrogen) atoms. The first-order valence-electron chi connectivity index (χ1n) is 7.61. The third-order valence-electron chi connectivity index (χ3n) is 2.94. The zero-order valence-electron chi connectivity index (χ0n) is 14.5. The van der Waals surface area contributed by atoms with Crippen molar-refractivity contribution >= 4 is 24.1 Å². The van der Waals surface area contributed by atoms with Crippen LogP contribution in [0.5, 0.6) is 0 Å². The second-order valence-corrected chi connectivity index (χ2v) is 4.99. The Morgan fingerprint density at radius 2 is 1.73 bits per heavy atom. The summed E-state index contributed by atoms with van der Waals surface area (Å²) < 4.78 is 14.1. The van der Waals surface area contributed by atoms with Crippen molar-refractivity contribution in [3.8, 4) is 0 Å². The molecule has 2 N–H and O–H groups in total. The minimum Gasteiger partial charge on any atom is -0.445 e. The van der Waals surface area contributed by atoms with Crippen LogP contribution in [0.1, 0.15) is 5.56 Å². The summed E-state index contributed by atoms with van der Waals surface area (Å²) in [5.74, 6) is -1.37. The standard InChI is InChI=1S/C16H21N3O7/c1-17-15(22)26-11-25-14(21)8-18-13(20)9-19(2)16(23)24-10-12-6-4-3-5-7-12/h3-7H,8-11H2,1-2H3,(H,17,22)(H,18,20). The first-order chi connectivity index (χ1) is 12.4. The second kappa shape index (κ2) is 11.3. The Balaban J connectivity index is 2.21. The topological polar surface area (TPSA) is 123 Å².